The summed E-state index contributed by atoms with van der Waals surface area (Å²) < 4.78 is 61.4. The fourth-order valence-corrected chi connectivity index (χ4v) is 4.02. The number of rotatable bonds is 7. The summed E-state index contributed by atoms with van der Waals surface area (Å²) in [6.45, 7) is 1.23. The van der Waals surface area contributed by atoms with Crippen molar-refractivity contribution in [3.63, 3.8) is 0 Å². The summed E-state index contributed by atoms with van der Waals surface area (Å²) in [7, 11) is -1.85. The number of amides is 1. The van der Waals surface area contributed by atoms with Crippen molar-refractivity contribution in [2.24, 2.45) is 0 Å². The molecular formula is C20H20F2N2O7S. The highest BCUT2D eigenvalue weighted by atomic mass is 32.2. The van der Waals surface area contributed by atoms with E-state index in [2.05, 4.69) is 14.8 Å². The van der Waals surface area contributed by atoms with Crippen LogP contribution in [0.2, 0.25) is 0 Å². The van der Waals surface area contributed by atoms with Crippen molar-refractivity contribution in [3.8, 4) is 0 Å². The lowest BCUT2D eigenvalue weighted by Gasteiger charge is -2.28. The van der Waals surface area contributed by atoms with E-state index in [4.69, 9.17) is 0 Å². The van der Waals surface area contributed by atoms with Gasteiger partial charge < -0.3 is 14.8 Å². The standard InChI is InChI=1S/C20H20F2N2O7S/c1-11(24(32(4,28)29)15-5-6-16(21)17(22)10-15)18(25)23-14-8-12(19(26)30-2)7-13(9-14)20(27)31-3/h5-11H,1-4H3,(H,23,25)/t11-/m0/s1. The van der Waals surface area contributed by atoms with Crippen LogP contribution >= 0.6 is 0 Å². The van der Waals surface area contributed by atoms with Gasteiger partial charge in [0.05, 0.1) is 37.3 Å². The van der Waals surface area contributed by atoms with E-state index < -0.39 is 45.5 Å². The Balaban J connectivity index is 2.43. The van der Waals surface area contributed by atoms with Crippen molar-refractivity contribution in [2.75, 3.05) is 30.1 Å². The second-order valence-electron chi connectivity index (χ2n) is 6.60. The van der Waals surface area contributed by atoms with E-state index >= 15 is 0 Å². The molecule has 0 saturated carbocycles. The van der Waals surface area contributed by atoms with Gasteiger partial charge in [0.2, 0.25) is 15.9 Å². The van der Waals surface area contributed by atoms with E-state index in [1.165, 1.54) is 25.1 Å². The molecule has 2 aromatic rings. The third-order valence-corrected chi connectivity index (χ3v) is 5.53. The zero-order valence-electron chi connectivity index (χ0n) is 17.5. The van der Waals surface area contributed by atoms with Gasteiger partial charge in [0.1, 0.15) is 6.04 Å². The molecule has 0 heterocycles. The number of carbonyl (C=O) groups is 3. The number of methoxy groups -OCH3 is 2. The van der Waals surface area contributed by atoms with Gasteiger partial charge >= 0.3 is 11.9 Å². The van der Waals surface area contributed by atoms with Gasteiger partial charge in [-0.05, 0) is 37.3 Å². The van der Waals surface area contributed by atoms with Crippen LogP contribution in [0.4, 0.5) is 20.2 Å². The van der Waals surface area contributed by atoms with Crippen molar-refractivity contribution in [1.29, 1.82) is 0 Å². The number of benzene rings is 2. The van der Waals surface area contributed by atoms with Crippen molar-refractivity contribution < 1.29 is 41.1 Å². The summed E-state index contributed by atoms with van der Waals surface area (Å²) in [6, 6.07) is 4.59. The van der Waals surface area contributed by atoms with Gasteiger partial charge in [-0.15, -0.1) is 0 Å². The van der Waals surface area contributed by atoms with E-state index in [9.17, 15) is 31.6 Å². The monoisotopic (exact) mass is 470 g/mol. The molecule has 1 atom stereocenters. The highest BCUT2D eigenvalue weighted by Gasteiger charge is 2.30. The number of nitrogens with one attached hydrogen (secondary N) is 1. The SMILES string of the molecule is COC(=O)c1cc(NC(=O)[C@H](C)N(c2ccc(F)c(F)c2)S(C)(=O)=O)cc(C(=O)OC)c1. The Labute approximate surface area is 183 Å². The lowest BCUT2D eigenvalue weighted by molar-refractivity contribution is -0.116. The molecule has 1 amide bonds. The molecule has 0 aromatic heterocycles. The van der Waals surface area contributed by atoms with E-state index in [0.29, 0.717) is 10.4 Å². The normalized spacial score (nSPS) is 11.9. The maximum atomic E-state index is 13.7. The van der Waals surface area contributed by atoms with Crippen LogP contribution in [0.5, 0.6) is 0 Å². The van der Waals surface area contributed by atoms with Crippen molar-refractivity contribution in [1.82, 2.24) is 0 Å². The number of carbonyl (C=O) groups excluding carboxylic acids is 3. The second-order valence-corrected chi connectivity index (χ2v) is 8.46. The van der Waals surface area contributed by atoms with E-state index in [0.717, 1.165) is 32.6 Å². The average Bonchev–Trinajstić information content (AvgIpc) is 2.73. The van der Waals surface area contributed by atoms with E-state index in [1.54, 1.807) is 0 Å². The third kappa shape index (κ3) is 5.58. The molecule has 0 radical (unpaired) electrons. The summed E-state index contributed by atoms with van der Waals surface area (Å²) >= 11 is 0. The Kier molecular flexibility index (Phi) is 7.52. The minimum absolute atomic E-state index is 0.0242. The van der Waals surface area contributed by atoms with Crippen LogP contribution in [-0.4, -0.2) is 52.8 Å². The Morgan fingerprint density at radius 1 is 0.938 bits per heavy atom. The van der Waals surface area contributed by atoms with Crippen LogP contribution in [-0.2, 0) is 24.3 Å². The molecule has 0 unspecified atom stereocenters. The van der Waals surface area contributed by atoms with Crippen LogP contribution in [0.1, 0.15) is 27.6 Å². The highest BCUT2D eigenvalue weighted by molar-refractivity contribution is 7.92. The van der Waals surface area contributed by atoms with Gasteiger partial charge in [0.15, 0.2) is 11.6 Å². The zero-order chi connectivity index (χ0) is 24.2. The lowest BCUT2D eigenvalue weighted by atomic mass is 10.1. The minimum Gasteiger partial charge on any atom is -0.465 e. The number of nitrogens with zero attached hydrogens (tertiary/aromatic N) is 1. The topological polar surface area (TPSA) is 119 Å². The van der Waals surface area contributed by atoms with E-state index in [-0.39, 0.29) is 22.5 Å². The van der Waals surface area contributed by atoms with Gasteiger partial charge in [0.25, 0.3) is 0 Å². The first-order chi connectivity index (χ1) is 14.9. The lowest BCUT2D eigenvalue weighted by Crippen LogP contribution is -2.45. The van der Waals surface area contributed by atoms with Gasteiger partial charge in [-0.25, -0.2) is 26.8 Å². The Morgan fingerprint density at radius 2 is 1.47 bits per heavy atom. The number of ether oxygens (including phenoxy) is 2. The minimum atomic E-state index is -4.10. The van der Waals surface area contributed by atoms with Crippen molar-refractivity contribution in [2.45, 2.75) is 13.0 Å². The second kappa shape index (κ2) is 9.73. The molecule has 9 nitrogen and oxygen atoms in total. The van der Waals surface area contributed by atoms with Crippen LogP contribution in [0.3, 0.4) is 0 Å². The molecular weight excluding hydrogens is 450 g/mol. The Hall–Kier alpha value is -3.54. The summed E-state index contributed by atoms with van der Waals surface area (Å²) in [5.41, 5.74) is -0.436. The number of anilines is 2. The summed E-state index contributed by atoms with van der Waals surface area (Å²) in [5, 5.41) is 2.40. The van der Waals surface area contributed by atoms with Crippen LogP contribution in [0.15, 0.2) is 36.4 Å². The molecule has 0 aliphatic heterocycles. The summed E-state index contributed by atoms with van der Waals surface area (Å²) in [4.78, 5) is 36.6. The smallest absolute Gasteiger partial charge is 0.337 e. The Morgan fingerprint density at radius 3 is 1.91 bits per heavy atom. The van der Waals surface area contributed by atoms with Gasteiger partial charge in [-0.3, -0.25) is 9.10 Å². The molecule has 0 aliphatic carbocycles. The third-order valence-electron chi connectivity index (χ3n) is 4.29. The molecule has 0 fully saturated rings. The molecule has 0 spiro atoms. The molecule has 2 aromatic carbocycles. The molecule has 2 rings (SSSR count). The van der Waals surface area contributed by atoms with Crippen LogP contribution in [0, 0.1) is 11.6 Å². The molecule has 0 saturated heterocycles. The first kappa shape index (κ1) is 24.7. The molecule has 0 bridgehead atoms. The summed E-state index contributed by atoms with van der Waals surface area (Å²) in [5.74, 6) is -4.94. The fourth-order valence-electron chi connectivity index (χ4n) is 2.85. The highest BCUT2D eigenvalue weighted by Crippen LogP contribution is 2.24. The number of hydrogen-bond donors (Lipinski definition) is 1. The number of halogens is 2. The van der Waals surface area contributed by atoms with E-state index in [1.807, 2.05) is 0 Å². The van der Waals surface area contributed by atoms with Gasteiger partial charge in [-0.2, -0.15) is 0 Å². The predicted octanol–water partition coefficient (Wildman–Crippen LogP) is 2.33. The number of sulfonamides is 1. The molecule has 172 valence electrons. The van der Waals surface area contributed by atoms with Gasteiger partial charge in [0, 0.05) is 11.8 Å². The Bertz CT molecular complexity index is 1130. The maximum Gasteiger partial charge on any atom is 0.337 e. The quantitative estimate of drug-likeness (QED) is 0.617. The largest absolute Gasteiger partial charge is 0.465 e. The van der Waals surface area contributed by atoms with Crippen LogP contribution in [0.25, 0.3) is 0 Å². The number of esters is 2. The first-order valence-corrected chi connectivity index (χ1v) is 10.8. The van der Waals surface area contributed by atoms with Crippen molar-refractivity contribution in [3.05, 3.63) is 59.2 Å². The van der Waals surface area contributed by atoms with Gasteiger partial charge in [-0.1, -0.05) is 0 Å². The average molecular weight is 470 g/mol. The first-order valence-electron chi connectivity index (χ1n) is 8.96. The maximum absolute atomic E-state index is 13.7. The number of hydrogen-bond acceptors (Lipinski definition) is 7. The molecule has 0 aliphatic rings. The van der Waals surface area contributed by atoms with Crippen molar-refractivity contribution >= 4 is 39.2 Å². The summed E-state index contributed by atoms with van der Waals surface area (Å²) in [6.07, 6.45) is 0.797. The predicted molar refractivity (Wildman–Crippen MR) is 111 cm³/mol. The molecule has 1 N–H and O–H groups in total. The zero-order valence-corrected chi connectivity index (χ0v) is 18.3. The fraction of sp³-hybridized carbons (Fsp3) is 0.250. The van der Waals surface area contributed by atoms with Crippen LogP contribution < -0.4 is 9.62 Å². The molecule has 32 heavy (non-hydrogen) atoms. The molecule has 12 heteroatoms.